The van der Waals surface area contributed by atoms with E-state index in [4.69, 9.17) is 5.11 Å². The summed E-state index contributed by atoms with van der Waals surface area (Å²) in [7, 11) is 0. The van der Waals surface area contributed by atoms with Crippen LogP contribution in [0.15, 0.2) is 24.3 Å². The lowest BCUT2D eigenvalue weighted by atomic mass is 9.91. The van der Waals surface area contributed by atoms with Crippen molar-refractivity contribution in [2.24, 2.45) is 11.8 Å². The Morgan fingerprint density at radius 2 is 1.95 bits per heavy atom. The average molecular weight is 274 g/mol. The van der Waals surface area contributed by atoms with E-state index in [2.05, 4.69) is 6.07 Å². The second-order valence-electron chi connectivity index (χ2n) is 5.52. The first-order valence-corrected chi connectivity index (χ1v) is 6.75. The van der Waals surface area contributed by atoms with Crippen LogP contribution >= 0.6 is 0 Å². The second kappa shape index (κ2) is 4.48. The summed E-state index contributed by atoms with van der Waals surface area (Å²) in [4.78, 5) is 12.4. The van der Waals surface area contributed by atoms with Crippen molar-refractivity contribution in [2.45, 2.75) is 18.3 Å². The van der Waals surface area contributed by atoms with Gasteiger partial charge < -0.3 is 10.0 Å². The van der Waals surface area contributed by atoms with Gasteiger partial charge in [-0.1, -0.05) is 18.2 Å². The number of nitrogens with zero attached hydrogens (tertiary/aromatic N) is 2. The lowest BCUT2D eigenvalue weighted by Gasteiger charge is -2.20. The average Bonchev–Trinajstić information content (AvgIpc) is 3.10. The van der Waals surface area contributed by atoms with Crippen LogP contribution in [0, 0.1) is 29.0 Å². The van der Waals surface area contributed by atoms with Crippen LogP contribution in [0.3, 0.4) is 0 Å². The van der Waals surface area contributed by atoms with Gasteiger partial charge >= 0.3 is 6.09 Å². The molecule has 5 heteroatoms. The largest absolute Gasteiger partial charge is 0.465 e. The molecule has 1 aliphatic heterocycles. The predicted octanol–water partition coefficient (Wildman–Crippen LogP) is 2.61. The number of carboxylic acid groups (broad SMARTS) is 1. The molecule has 2 aliphatic rings. The van der Waals surface area contributed by atoms with E-state index in [1.54, 1.807) is 18.2 Å². The van der Waals surface area contributed by atoms with Crippen LogP contribution in [0.25, 0.3) is 0 Å². The number of fused-ring (bicyclic) bond motifs is 1. The standard InChI is InChI=1S/C15H15FN2O2/c16-13-4-2-1-3-12(13)15(9-17)10-5-7-18(14(19)20)8-6-11(10)15/h1-4,10-11H,5-8H2,(H,19,20)/t10-,11+,15?. The van der Waals surface area contributed by atoms with E-state index in [0.717, 1.165) is 0 Å². The van der Waals surface area contributed by atoms with E-state index < -0.39 is 11.5 Å². The van der Waals surface area contributed by atoms with E-state index in [-0.39, 0.29) is 17.7 Å². The maximum Gasteiger partial charge on any atom is 0.407 e. The number of likely N-dealkylation sites (tertiary alicyclic amines) is 1. The highest BCUT2D eigenvalue weighted by Gasteiger charge is 2.66. The molecule has 0 spiro atoms. The SMILES string of the molecule is N#CC1(c2ccccc2F)[C@@H]2CCN(C(=O)O)CC[C@@H]21. The van der Waals surface area contributed by atoms with Crippen molar-refractivity contribution in [3.63, 3.8) is 0 Å². The number of halogens is 1. The number of rotatable bonds is 1. The fourth-order valence-electron chi connectivity index (χ4n) is 3.71. The molecular weight excluding hydrogens is 259 g/mol. The van der Waals surface area contributed by atoms with Crippen molar-refractivity contribution in [1.82, 2.24) is 4.90 Å². The monoisotopic (exact) mass is 274 g/mol. The zero-order valence-corrected chi connectivity index (χ0v) is 10.9. The highest BCUT2D eigenvalue weighted by molar-refractivity contribution is 5.65. The number of amides is 1. The van der Waals surface area contributed by atoms with Gasteiger partial charge in [-0.25, -0.2) is 9.18 Å². The Balaban J connectivity index is 1.88. The van der Waals surface area contributed by atoms with Gasteiger partial charge in [0.15, 0.2) is 0 Å². The summed E-state index contributed by atoms with van der Waals surface area (Å²) < 4.78 is 14.0. The molecular formula is C15H15FN2O2. The molecule has 1 N–H and O–H groups in total. The van der Waals surface area contributed by atoms with Crippen LogP contribution in [0.4, 0.5) is 9.18 Å². The van der Waals surface area contributed by atoms with Crippen LogP contribution < -0.4 is 0 Å². The smallest absolute Gasteiger partial charge is 0.407 e. The van der Waals surface area contributed by atoms with Gasteiger partial charge in [0.1, 0.15) is 5.82 Å². The van der Waals surface area contributed by atoms with Gasteiger partial charge in [-0.2, -0.15) is 5.26 Å². The molecule has 1 heterocycles. The van der Waals surface area contributed by atoms with Gasteiger partial charge in [0.05, 0.1) is 11.5 Å². The Labute approximate surface area is 116 Å². The molecule has 0 radical (unpaired) electrons. The zero-order valence-electron chi connectivity index (χ0n) is 10.9. The van der Waals surface area contributed by atoms with Crippen LogP contribution in [0.5, 0.6) is 0 Å². The topological polar surface area (TPSA) is 64.3 Å². The normalized spacial score (nSPS) is 31.9. The number of hydrogen-bond acceptors (Lipinski definition) is 2. The quantitative estimate of drug-likeness (QED) is 0.856. The van der Waals surface area contributed by atoms with Gasteiger partial charge in [0.2, 0.25) is 0 Å². The maximum absolute atomic E-state index is 14.0. The summed E-state index contributed by atoms with van der Waals surface area (Å²) in [5.74, 6) is -0.209. The second-order valence-corrected chi connectivity index (χ2v) is 5.52. The van der Waals surface area contributed by atoms with Crippen LogP contribution in [-0.2, 0) is 5.41 Å². The van der Waals surface area contributed by atoms with Crippen molar-refractivity contribution < 1.29 is 14.3 Å². The molecule has 1 saturated carbocycles. The number of nitriles is 1. The molecule has 1 aliphatic carbocycles. The predicted molar refractivity (Wildman–Crippen MR) is 69.5 cm³/mol. The molecule has 1 aromatic carbocycles. The first-order chi connectivity index (χ1) is 9.61. The third kappa shape index (κ3) is 1.68. The Kier molecular flexibility index (Phi) is 2.89. The van der Waals surface area contributed by atoms with Crippen molar-refractivity contribution in [1.29, 1.82) is 5.26 Å². The van der Waals surface area contributed by atoms with Crippen LogP contribution in [-0.4, -0.2) is 29.2 Å². The van der Waals surface area contributed by atoms with Crippen LogP contribution in [0.2, 0.25) is 0 Å². The molecule has 20 heavy (non-hydrogen) atoms. The van der Waals surface area contributed by atoms with Gasteiger partial charge in [-0.15, -0.1) is 0 Å². The lowest BCUT2D eigenvalue weighted by Crippen LogP contribution is -2.32. The molecule has 3 atom stereocenters. The van der Waals surface area contributed by atoms with Gasteiger partial charge in [-0.3, -0.25) is 0 Å². The molecule has 0 bridgehead atoms. The van der Waals surface area contributed by atoms with Gasteiger partial charge in [-0.05, 0) is 30.7 Å². The summed E-state index contributed by atoms with van der Waals surface area (Å²) >= 11 is 0. The van der Waals surface area contributed by atoms with E-state index in [1.807, 2.05) is 0 Å². The van der Waals surface area contributed by atoms with Crippen LogP contribution in [0.1, 0.15) is 18.4 Å². The highest BCUT2D eigenvalue weighted by Crippen LogP contribution is 2.64. The van der Waals surface area contributed by atoms with E-state index >= 15 is 0 Å². The Bertz CT molecular complexity index is 582. The summed E-state index contributed by atoms with van der Waals surface area (Å²) in [6.07, 6.45) is 0.331. The Morgan fingerprint density at radius 3 is 2.45 bits per heavy atom. The van der Waals surface area contributed by atoms with Gasteiger partial charge in [0.25, 0.3) is 0 Å². The van der Waals surface area contributed by atoms with Crippen molar-refractivity contribution >= 4 is 6.09 Å². The summed E-state index contributed by atoms with van der Waals surface area (Å²) in [6.45, 7) is 0.850. The molecule has 0 aromatic heterocycles. The molecule has 3 rings (SSSR count). The summed E-state index contributed by atoms with van der Waals surface area (Å²) in [5, 5.41) is 18.6. The number of benzene rings is 1. The molecule has 4 nitrogen and oxygen atoms in total. The Hall–Kier alpha value is -2.09. The van der Waals surface area contributed by atoms with E-state index in [0.29, 0.717) is 31.5 Å². The van der Waals surface area contributed by atoms with E-state index in [9.17, 15) is 14.4 Å². The molecule has 104 valence electrons. The first-order valence-electron chi connectivity index (χ1n) is 6.75. The third-order valence-electron chi connectivity index (χ3n) is 4.74. The van der Waals surface area contributed by atoms with Crippen molar-refractivity contribution in [3.8, 4) is 6.07 Å². The third-order valence-corrected chi connectivity index (χ3v) is 4.74. The molecule has 2 fully saturated rings. The highest BCUT2D eigenvalue weighted by atomic mass is 19.1. The molecule has 1 aromatic rings. The summed E-state index contributed by atoms with van der Waals surface area (Å²) in [5.41, 5.74) is -0.281. The molecule has 1 amide bonds. The maximum atomic E-state index is 14.0. The fourth-order valence-corrected chi connectivity index (χ4v) is 3.71. The number of hydrogen-bond donors (Lipinski definition) is 1. The Morgan fingerprint density at radius 1 is 1.35 bits per heavy atom. The zero-order chi connectivity index (χ0) is 14.3. The minimum atomic E-state index is -0.917. The fraction of sp³-hybridized carbons (Fsp3) is 0.467. The van der Waals surface area contributed by atoms with Crippen molar-refractivity contribution in [2.75, 3.05) is 13.1 Å². The number of carbonyl (C=O) groups is 1. The van der Waals surface area contributed by atoms with Gasteiger partial charge in [0, 0.05) is 18.7 Å². The van der Waals surface area contributed by atoms with Crippen molar-refractivity contribution in [3.05, 3.63) is 35.6 Å². The lowest BCUT2D eigenvalue weighted by molar-refractivity contribution is 0.144. The molecule has 1 saturated heterocycles. The van der Waals surface area contributed by atoms with E-state index in [1.165, 1.54) is 11.0 Å². The minimum Gasteiger partial charge on any atom is -0.465 e. The minimum absolute atomic E-state index is 0.0637. The first kappa shape index (κ1) is 12.9. The molecule has 1 unspecified atom stereocenters. The summed E-state index contributed by atoms with van der Waals surface area (Å²) in [6, 6.07) is 8.75.